The molecule has 1 aliphatic carbocycles. The van der Waals surface area contributed by atoms with Crippen LogP contribution in [0.4, 0.5) is 5.69 Å². The molecule has 1 fully saturated rings. The van der Waals surface area contributed by atoms with Crippen molar-refractivity contribution in [3.8, 4) is 6.07 Å². The fourth-order valence-corrected chi connectivity index (χ4v) is 3.30. The molecule has 5 heteroatoms. The van der Waals surface area contributed by atoms with Crippen molar-refractivity contribution in [2.45, 2.75) is 44.6 Å². The molecule has 27 heavy (non-hydrogen) atoms. The first-order valence-electron chi connectivity index (χ1n) is 9.38. The van der Waals surface area contributed by atoms with Gasteiger partial charge in [-0.2, -0.15) is 5.26 Å². The highest BCUT2D eigenvalue weighted by atomic mass is 16.2. The summed E-state index contributed by atoms with van der Waals surface area (Å²) in [6, 6.07) is 15.6. The maximum atomic E-state index is 12.4. The minimum Gasteiger partial charge on any atom is -0.349 e. The van der Waals surface area contributed by atoms with Crippen molar-refractivity contribution >= 4 is 17.5 Å². The molecule has 2 aromatic rings. The van der Waals surface area contributed by atoms with E-state index in [0.29, 0.717) is 22.4 Å². The van der Waals surface area contributed by atoms with Gasteiger partial charge in [0, 0.05) is 22.9 Å². The maximum absolute atomic E-state index is 12.4. The molecule has 0 saturated heterocycles. The number of hydrogen-bond acceptors (Lipinski definition) is 3. The number of benzene rings is 2. The number of nitrogens with zero attached hydrogens (tertiary/aromatic N) is 1. The quantitative estimate of drug-likeness (QED) is 0.798. The maximum Gasteiger partial charge on any atom is 0.255 e. The average Bonchev–Trinajstić information content (AvgIpc) is 2.97. The predicted octanol–water partition coefficient (Wildman–Crippen LogP) is 4.26. The van der Waals surface area contributed by atoms with E-state index in [1.807, 2.05) is 6.07 Å². The summed E-state index contributed by atoms with van der Waals surface area (Å²) >= 11 is 0. The molecule has 1 saturated carbocycles. The van der Waals surface area contributed by atoms with Crippen LogP contribution in [0.15, 0.2) is 48.5 Å². The molecular formula is C22H23N3O2. The molecule has 0 unspecified atom stereocenters. The predicted molar refractivity (Wildman–Crippen MR) is 105 cm³/mol. The van der Waals surface area contributed by atoms with Gasteiger partial charge in [-0.1, -0.05) is 25.7 Å². The molecule has 5 nitrogen and oxygen atoms in total. The summed E-state index contributed by atoms with van der Waals surface area (Å²) in [6.45, 7) is 0. The second kappa shape index (κ2) is 9.00. The molecule has 0 radical (unpaired) electrons. The lowest BCUT2D eigenvalue weighted by Crippen LogP contribution is -2.34. The topological polar surface area (TPSA) is 82.0 Å². The first-order chi connectivity index (χ1) is 13.2. The van der Waals surface area contributed by atoms with E-state index in [1.165, 1.54) is 25.7 Å². The average molecular weight is 361 g/mol. The molecule has 2 N–H and O–H groups in total. The Labute approximate surface area is 159 Å². The van der Waals surface area contributed by atoms with E-state index >= 15 is 0 Å². The smallest absolute Gasteiger partial charge is 0.255 e. The summed E-state index contributed by atoms with van der Waals surface area (Å²) in [7, 11) is 0. The van der Waals surface area contributed by atoms with Crippen molar-refractivity contribution in [3.63, 3.8) is 0 Å². The Kier molecular flexibility index (Phi) is 6.22. The summed E-state index contributed by atoms with van der Waals surface area (Å²) in [6.07, 6.45) is 6.90. The van der Waals surface area contributed by atoms with Crippen LogP contribution >= 0.6 is 0 Å². The zero-order valence-electron chi connectivity index (χ0n) is 15.2. The molecule has 3 rings (SSSR count). The highest BCUT2D eigenvalue weighted by Crippen LogP contribution is 2.18. The fraction of sp³-hybridized carbons (Fsp3) is 0.318. The van der Waals surface area contributed by atoms with Crippen LogP contribution in [0, 0.1) is 11.3 Å². The molecule has 0 spiro atoms. The number of carbonyl (C=O) groups excluding carboxylic acids is 2. The Bertz CT molecular complexity index is 827. The van der Waals surface area contributed by atoms with Crippen molar-refractivity contribution in [2.75, 3.05) is 5.32 Å². The third-order valence-corrected chi connectivity index (χ3v) is 4.87. The molecule has 2 aromatic carbocycles. The number of nitriles is 1. The van der Waals surface area contributed by atoms with Gasteiger partial charge in [0.15, 0.2) is 0 Å². The van der Waals surface area contributed by atoms with Crippen molar-refractivity contribution < 1.29 is 9.59 Å². The third kappa shape index (κ3) is 5.18. The number of hydrogen-bond donors (Lipinski definition) is 2. The lowest BCUT2D eigenvalue weighted by Gasteiger charge is -2.16. The first kappa shape index (κ1) is 18.7. The lowest BCUT2D eigenvalue weighted by molar-refractivity contribution is 0.0932. The van der Waals surface area contributed by atoms with E-state index in [0.717, 1.165) is 12.8 Å². The zero-order valence-corrected chi connectivity index (χ0v) is 15.2. The number of anilines is 1. The van der Waals surface area contributed by atoms with Crippen LogP contribution < -0.4 is 10.6 Å². The van der Waals surface area contributed by atoms with Gasteiger partial charge in [-0.3, -0.25) is 9.59 Å². The normalized spacial score (nSPS) is 14.6. The van der Waals surface area contributed by atoms with Gasteiger partial charge in [0.05, 0.1) is 11.6 Å². The number of rotatable bonds is 4. The second-order valence-electron chi connectivity index (χ2n) is 6.88. The molecule has 2 amide bonds. The number of nitrogens with one attached hydrogen (secondary N) is 2. The van der Waals surface area contributed by atoms with Crippen molar-refractivity contribution in [1.29, 1.82) is 5.26 Å². The van der Waals surface area contributed by atoms with Crippen LogP contribution in [0.2, 0.25) is 0 Å². The summed E-state index contributed by atoms with van der Waals surface area (Å²) in [5.41, 5.74) is 2.20. The summed E-state index contributed by atoms with van der Waals surface area (Å²) in [5.74, 6) is -0.337. The summed E-state index contributed by atoms with van der Waals surface area (Å²) in [4.78, 5) is 24.7. The third-order valence-electron chi connectivity index (χ3n) is 4.87. The van der Waals surface area contributed by atoms with Crippen LogP contribution in [0.5, 0.6) is 0 Å². The summed E-state index contributed by atoms with van der Waals surface area (Å²) in [5, 5.41) is 14.7. The van der Waals surface area contributed by atoms with Gasteiger partial charge >= 0.3 is 0 Å². The van der Waals surface area contributed by atoms with Crippen molar-refractivity contribution in [2.24, 2.45) is 0 Å². The monoisotopic (exact) mass is 361 g/mol. The van der Waals surface area contributed by atoms with Crippen LogP contribution in [-0.2, 0) is 0 Å². The van der Waals surface area contributed by atoms with E-state index < -0.39 is 0 Å². The van der Waals surface area contributed by atoms with Crippen LogP contribution in [-0.4, -0.2) is 17.9 Å². The van der Waals surface area contributed by atoms with Gasteiger partial charge in [0.25, 0.3) is 11.8 Å². The Hall–Kier alpha value is -3.13. The van der Waals surface area contributed by atoms with E-state index in [1.54, 1.807) is 48.5 Å². The Balaban J connectivity index is 1.59. The molecular weight excluding hydrogens is 338 g/mol. The van der Waals surface area contributed by atoms with Gasteiger partial charge in [-0.25, -0.2) is 0 Å². The van der Waals surface area contributed by atoms with Crippen molar-refractivity contribution in [3.05, 3.63) is 65.2 Å². The molecule has 0 aliphatic heterocycles. The Morgan fingerprint density at radius 3 is 1.93 bits per heavy atom. The summed E-state index contributed by atoms with van der Waals surface area (Å²) < 4.78 is 0. The first-order valence-corrected chi connectivity index (χ1v) is 9.38. The molecule has 0 heterocycles. The van der Waals surface area contributed by atoms with Gasteiger partial charge in [-0.15, -0.1) is 0 Å². The van der Waals surface area contributed by atoms with E-state index in [-0.39, 0.29) is 17.9 Å². The van der Waals surface area contributed by atoms with Crippen LogP contribution in [0.25, 0.3) is 0 Å². The van der Waals surface area contributed by atoms with Crippen LogP contribution in [0.3, 0.4) is 0 Å². The molecule has 0 aromatic heterocycles. The highest BCUT2D eigenvalue weighted by Gasteiger charge is 2.16. The second-order valence-corrected chi connectivity index (χ2v) is 6.88. The highest BCUT2D eigenvalue weighted by molar-refractivity contribution is 6.05. The minimum absolute atomic E-state index is 0.0825. The Morgan fingerprint density at radius 2 is 1.37 bits per heavy atom. The number of amides is 2. The molecule has 0 bridgehead atoms. The fourth-order valence-electron chi connectivity index (χ4n) is 3.30. The standard InChI is InChI=1S/C22H23N3O2/c23-15-16-7-13-20(14-8-16)25-22(27)18-11-9-17(10-12-18)21(26)24-19-5-3-1-2-4-6-19/h7-14,19H,1-6H2,(H,24,26)(H,25,27). The SMILES string of the molecule is N#Cc1ccc(NC(=O)c2ccc(C(=O)NC3CCCCCC3)cc2)cc1. The van der Waals surface area contributed by atoms with Gasteiger partial charge in [-0.05, 0) is 61.4 Å². The van der Waals surface area contributed by atoms with E-state index in [2.05, 4.69) is 10.6 Å². The largest absolute Gasteiger partial charge is 0.349 e. The van der Waals surface area contributed by atoms with Gasteiger partial charge < -0.3 is 10.6 Å². The van der Waals surface area contributed by atoms with E-state index in [9.17, 15) is 9.59 Å². The van der Waals surface area contributed by atoms with Crippen LogP contribution in [0.1, 0.15) is 64.8 Å². The Morgan fingerprint density at radius 1 is 0.815 bits per heavy atom. The van der Waals surface area contributed by atoms with E-state index in [4.69, 9.17) is 5.26 Å². The molecule has 138 valence electrons. The lowest BCUT2D eigenvalue weighted by atomic mass is 10.1. The zero-order chi connectivity index (χ0) is 19.1. The minimum atomic E-state index is -0.254. The van der Waals surface area contributed by atoms with Gasteiger partial charge in [0.2, 0.25) is 0 Å². The van der Waals surface area contributed by atoms with Crippen molar-refractivity contribution in [1.82, 2.24) is 5.32 Å². The number of carbonyl (C=O) groups is 2. The van der Waals surface area contributed by atoms with Gasteiger partial charge in [0.1, 0.15) is 0 Å². The molecule has 0 atom stereocenters. The molecule has 1 aliphatic rings.